The zero-order valence-electron chi connectivity index (χ0n) is 13.7. The van der Waals surface area contributed by atoms with Gasteiger partial charge in [0, 0.05) is 14.1 Å². The number of aryl methyl sites for hydroxylation is 1. The molecule has 2 aromatic heterocycles. The van der Waals surface area contributed by atoms with Gasteiger partial charge in [0.25, 0.3) is 0 Å². The van der Waals surface area contributed by atoms with Gasteiger partial charge in [0.15, 0.2) is 11.9 Å². The van der Waals surface area contributed by atoms with Crippen LogP contribution in [0.5, 0.6) is 0 Å². The molecule has 2 unspecified atom stereocenters. The predicted molar refractivity (Wildman–Crippen MR) is 87.1 cm³/mol. The molecule has 4 atom stereocenters. The molecule has 0 amide bonds. The number of rotatable bonds is 4. The van der Waals surface area contributed by atoms with Gasteiger partial charge in [-0.3, -0.25) is 4.57 Å². The number of ether oxygens (including phenoxy) is 1. The summed E-state index contributed by atoms with van der Waals surface area (Å²) in [6.45, 7) is 10.5. The molecule has 0 radical (unpaired) electrons. The van der Waals surface area contributed by atoms with Crippen molar-refractivity contribution in [2.45, 2.75) is 45.6 Å². The normalized spacial score (nSPS) is 28.8. The Hall–Kier alpha value is -1.10. The number of hydrogen-bond acceptors (Lipinski definition) is 5. The second-order valence-corrected chi connectivity index (χ2v) is 7.83. The molecule has 0 N–H and O–H groups in total. The fourth-order valence-electron chi connectivity index (χ4n) is 3.09. The molecule has 0 saturated carbocycles. The third-order valence-corrected chi connectivity index (χ3v) is 4.92. The highest BCUT2D eigenvalue weighted by Crippen LogP contribution is 2.44. The van der Waals surface area contributed by atoms with Gasteiger partial charge in [-0.1, -0.05) is 13.8 Å². The Morgan fingerprint density at radius 1 is 1.32 bits per heavy atom. The summed E-state index contributed by atoms with van der Waals surface area (Å²) in [5.41, 5.74) is 2.52. The minimum atomic E-state index is -0.461. The van der Waals surface area contributed by atoms with Gasteiger partial charge in [0.05, 0.1) is 18.1 Å². The van der Waals surface area contributed by atoms with Crippen LogP contribution in [-0.2, 0) is 9.26 Å². The quantitative estimate of drug-likeness (QED) is 0.809. The summed E-state index contributed by atoms with van der Waals surface area (Å²) >= 11 is 0. The first-order chi connectivity index (χ1) is 10.5. The summed E-state index contributed by atoms with van der Waals surface area (Å²) in [6.07, 6.45) is 4.40. The number of hydrogen-bond donors (Lipinski definition) is 0. The lowest BCUT2D eigenvalue weighted by Gasteiger charge is -2.24. The Morgan fingerprint density at radius 3 is 2.77 bits per heavy atom. The molecule has 0 aliphatic carbocycles. The summed E-state index contributed by atoms with van der Waals surface area (Å²) in [5.74, 6) is 0.347. The van der Waals surface area contributed by atoms with Gasteiger partial charge < -0.3 is 9.26 Å². The lowest BCUT2D eigenvalue weighted by Crippen LogP contribution is -2.26. The molecule has 1 fully saturated rings. The third-order valence-electron chi connectivity index (χ3n) is 4.25. The van der Waals surface area contributed by atoms with Crippen molar-refractivity contribution < 1.29 is 9.26 Å². The molecule has 120 valence electrons. The summed E-state index contributed by atoms with van der Waals surface area (Å²) in [7, 11) is -0.461. The summed E-state index contributed by atoms with van der Waals surface area (Å²) < 4.78 is 14.5. The van der Waals surface area contributed by atoms with Gasteiger partial charge in [-0.25, -0.2) is 15.0 Å². The van der Waals surface area contributed by atoms with E-state index in [4.69, 9.17) is 9.26 Å². The molecule has 0 bridgehead atoms. The number of imidazole rings is 1. The number of nitrogens with zero attached hydrogens (tertiary/aromatic N) is 4. The van der Waals surface area contributed by atoms with E-state index < -0.39 is 8.15 Å². The van der Waals surface area contributed by atoms with E-state index in [0.29, 0.717) is 5.92 Å². The second-order valence-electron chi connectivity index (χ2n) is 6.00. The zero-order valence-corrected chi connectivity index (χ0v) is 14.6. The molecule has 3 rings (SSSR count). The lowest BCUT2D eigenvalue weighted by atomic mass is 9.99. The molecular formula is C15H23N4O2P. The topological polar surface area (TPSA) is 62.1 Å². The van der Waals surface area contributed by atoms with Crippen LogP contribution in [-0.4, -0.2) is 45.1 Å². The highest BCUT2D eigenvalue weighted by atomic mass is 31.1. The molecule has 1 aliphatic rings. The van der Waals surface area contributed by atoms with E-state index in [9.17, 15) is 0 Å². The van der Waals surface area contributed by atoms with E-state index in [0.717, 1.165) is 23.3 Å². The van der Waals surface area contributed by atoms with Gasteiger partial charge in [-0.05, 0) is 26.7 Å². The largest absolute Gasteiger partial charge is 0.352 e. The fraction of sp³-hybridized carbons (Fsp3) is 0.667. The Morgan fingerprint density at radius 2 is 2.09 bits per heavy atom. The van der Waals surface area contributed by atoms with E-state index in [1.165, 1.54) is 0 Å². The average molecular weight is 322 g/mol. The molecule has 2 aromatic rings. The Kier molecular flexibility index (Phi) is 4.44. The Balaban J connectivity index is 2.01. The van der Waals surface area contributed by atoms with Crippen molar-refractivity contribution in [3.8, 4) is 0 Å². The monoisotopic (exact) mass is 322 g/mol. The fourth-order valence-corrected chi connectivity index (χ4v) is 3.87. The van der Waals surface area contributed by atoms with Gasteiger partial charge in [0.1, 0.15) is 17.9 Å². The summed E-state index contributed by atoms with van der Waals surface area (Å²) in [5, 5.41) is 0. The molecule has 0 aromatic carbocycles. The van der Waals surface area contributed by atoms with E-state index in [-0.39, 0.29) is 18.4 Å². The molecular weight excluding hydrogens is 299 g/mol. The second kappa shape index (κ2) is 6.19. The Labute approximate surface area is 132 Å². The van der Waals surface area contributed by atoms with Crippen molar-refractivity contribution in [1.82, 2.24) is 19.5 Å². The highest BCUT2D eigenvalue weighted by molar-refractivity contribution is 7.50. The van der Waals surface area contributed by atoms with Crippen LogP contribution in [0, 0.1) is 12.8 Å². The van der Waals surface area contributed by atoms with Gasteiger partial charge >= 0.3 is 0 Å². The molecule has 1 saturated heterocycles. The standard InChI is InChI=1S/C15H23N4O2P/c1-6-11-9(2)13(21-22(4)5)15(20-11)19-8-18-12-10(3)16-7-17-14(12)19/h7-9,11,13,15H,6H2,1-5H3/t9?,11-,13?,15-/m1/s1. The van der Waals surface area contributed by atoms with Crippen LogP contribution in [0.4, 0.5) is 0 Å². The van der Waals surface area contributed by atoms with Gasteiger partial charge in [-0.15, -0.1) is 0 Å². The average Bonchev–Trinajstić information content (AvgIpc) is 3.02. The molecule has 6 nitrogen and oxygen atoms in total. The van der Waals surface area contributed by atoms with Crippen molar-refractivity contribution in [2.75, 3.05) is 13.3 Å². The van der Waals surface area contributed by atoms with Gasteiger partial charge in [-0.2, -0.15) is 0 Å². The highest BCUT2D eigenvalue weighted by Gasteiger charge is 2.44. The zero-order chi connectivity index (χ0) is 15.9. The maximum Gasteiger partial charge on any atom is 0.165 e. The van der Waals surface area contributed by atoms with Crippen molar-refractivity contribution in [3.63, 3.8) is 0 Å². The van der Waals surface area contributed by atoms with Crippen LogP contribution in [0.3, 0.4) is 0 Å². The first-order valence-electron chi connectivity index (χ1n) is 7.66. The van der Waals surface area contributed by atoms with Crippen LogP contribution >= 0.6 is 8.15 Å². The number of aromatic nitrogens is 4. The molecule has 7 heteroatoms. The van der Waals surface area contributed by atoms with Crippen LogP contribution in [0.25, 0.3) is 11.2 Å². The summed E-state index contributed by atoms with van der Waals surface area (Å²) in [6, 6.07) is 0. The maximum absolute atomic E-state index is 6.28. The van der Waals surface area contributed by atoms with Crippen LogP contribution in [0.2, 0.25) is 0 Å². The SMILES string of the molecule is CC[C@H]1O[C@@H](n2cnc3c(C)ncnc32)C(OP(C)C)C1C. The maximum atomic E-state index is 6.28. The first-order valence-corrected chi connectivity index (χ1v) is 9.82. The third kappa shape index (κ3) is 2.64. The van der Waals surface area contributed by atoms with E-state index in [1.807, 2.05) is 11.5 Å². The molecule has 3 heterocycles. The van der Waals surface area contributed by atoms with Crippen molar-refractivity contribution in [2.24, 2.45) is 5.92 Å². The van der Waals surface area contributed by atoms with Crippen LogP contribution < -0.4 is 0 Å². The van der Waals surface area contributed by atoms with Crippen molar-refractivity contribution in [1.29, 1.82) is 0 Å². The molecule has 0 spiro atoms. The lowest BCUT2D eigenvalue weighted by molar-refractivity contribution is -0.0271. The van der Waals surface area contributed by atoms with Crippen molar-refractivity contribution >= 4 is 19.3 Å². The summed E-state index contributed by atoms with van der Waals surface area (Å²) in [4.78, 5) is 13.1. The van der Waals surface area contributed by atoms with Crippen LogP contribution in [0.15, 0.2) is 12.7 Å². The minimum absolute atomic E-state index is 0.0266. The van der Waals surface area contributed by atoms with E-state index >= 15 is 0 Å². The Bertz CT molecular complexity index is 660. The van der Waals surface area contributed by atoms with Gasteiger partial charge in [0.2, 0.25) is 0 Å². The first kappa shape index (κ1) is 15.8. The molecule has 1 aliphatic heterocycles. The molecule has 22 heavy (non-hydrogen) atoms. The van der Waals surface area contributed by atoms with Crippen molar-refractivity contribution in [3.05, 3.63) is 18.3 Å². The minimum Gasteiger partial charge on any atom is -0.352 e. The smallest absolute Gasteiger partial charge is 0.165 e. The van der Waals surface area contributed by atoms with E-state index in [2.05, 4.69) is 42.1 Å². The predicted octanol–water partition coefficient (Wildman–Crippen LogP) is 3.12. The number of fused-ring (bicyclic) bond motifs is 1. The van der Waals surface area contributed by atoms with E-state index in [1.54, 1.807) is 12.7 Å². The van der Waals surface area contributed by atoms with Crippen LogP contribution in [0.1, 0.15) is 32.2 Å².